The summed E-state index contributed by atoms with van der Waals surface area (Å²) in [6.45, 7) is 1.74. The number of hydrogen-bond donors (Lipinski definition) is 1. The Labute approximate surface area is 281 Å². The third-order valence-electron chi connectivity index (χ3n) is 9.14. The minimum atomic E-state index is -0.570. The van der Waals surface area contributed by atoms with Gasteiger partial charge in [-0.25, -0.2) is 0 Å². The molecule has 0 aliphatic carbocycles. The number of ether oxygens (including phenoxy) is 2. The van der Waals surface area contributed by atoms with Gasteiger partial charge in [-0.05, 0) is 52.6 Å². The van der Waals surface area contributed by atoms with Crippen molar-refractivity contribution in [3.05, 3.63) is 166 Å². The van der Waals surface area contributed by atoms with Crippen LogP contribution in [0.25, 0.3) is 11.1 Å². The molecule has 2 heterocycles. The Balaban J connectivity index is 1.11. The van der Waals surface area contributed by atoms with E-state index in [1.807, 2.05) is 78.9 Å². The fourth-order valence-corrected chi connectivity index (χ4v) is 6.65. The Morgan fingerprint density at radius 3 is 1.96 bits per heavy atom. The van der Waals surface area contributed by atoms with Gasteiger partial charge in [0.05, 0.1) is 36.5 Å². The van der Waals surface area contributed by atoms with E-state index in [2.05, 4.69) is 36.2 Å². The number of amides is 2. The maximum Gasteiger partial charge on any atom is 0.261 e. The van der Waals surface area contributed by atoms with Gasteiger partial charge in [-0.2, -0.15) is 0 Å². The van der Waals surface area contributed by atoms with E-state index in [4.69, 9.17) is 9.47 Å². The molecule has 1 saturated heterocycles. The first-order valence-corrected chi connectivity index (χ1v) is 16.3. The van der Waals surface area contributed by atoms with E-state index in [-0.39, 0.29) is 37.2 Å². The number of benzene rings is 5. The molecule has 0 spiro atoms. The van der Waals surface area contributed by atoms with Crippen LogP contribution in [-0.4, -0.2) is 46.4 Å². The minimum absolute atomic E-state index is 0.00177. The molecule has 0 aromatic heterocycles. The molecule has 5 aromatic carbocycles. The van der Waals surface area contributed by atoms with Crippen LogP contribution in [0.4, 0.5) is 0 Å². The second-order valence-corrected chi connectivity index (χ2v) is 12.6. The number of aliphatic hydroxyl groups excluding tert-OH is 1. The third kappa shape index (κ3) is 6.72. The molecule has 5 aromatic rings. The number of aliphatic hydroxyl groups is 1. The molecule has 48 heavy (non-hydrogen) atoms. The van der Waals surface area contributed by atoms with Gasteiger partial charge in [0.15, 0.2) is 6.29 Å². The van der Waals surface area contributed by atoms with E-state index < -0.39 is 6.29 Å². The average Bonchev–Trinajstić information content (AvgIpc) is 3.37. The molecule has 7 nitrogen and oxygen atoms in total. The molecule has 0 radical (unpaired) electrons. The zero-order chi connectivity index (χ0) is 33.0. The Hall–Kier alpha value is -4.92. The van der Waals surface area contributed by atoms with Gasteiger partial charge >= 0.3 is 0 Å². The lowest BCUT2D eigenvalue weighted by molar-refractivity contribution is -0.252. The zero-order valence-electron chi connectivity index (χ0n) is 26.9. The second kappa shape index (κ2) is 14.1. The molecule has 2 aliphatic heterocycles. The van der Waals surface area contributed by atoms with Gasteiger partial charge in [0, 0.05) is 25.1 Å². The zero-order valence-corrected chi connectivity index (χ0v) is 26.9. The molecule has 2 amide bonds. The molecular formula is C41H38N2O5. The van der Waals surface area contributed by atoms with Crippen LogP contribution in [0.5, 0.6) is 0 Å². The van der Waals surface area contributed by atoms with Crippen molar-refractivity contribution < 1.29 is 24.2 Å². The summed E-state index contributed by atoms with van der Waals surface area (Å²) in [6, 6.07) is 41.3. The number of hydrogen-bond acceptors (Lipinski definition) is 6. The highest BCUT2D eigenvalue weighted by atomic mass is 16.7. The second-order valence-electron chi connectivity index (χ2n) is 12.6. The number of carbonyl (C=O) groups excluding carboxylic acids is 2. The van der Waals surface area contributed by atoms with Crippen molar-refractivity contribution >= 4 is 11.8 Å². The van der Waals surface area contributed by atoms with Crippen molar-refractivity contribution in [1.29, 1.82) is 0 Å². The number of likely N-dealkylation sites (N-methyl/N-ethyl adjacent to an activating group) is 1. The first-order valence-electron chi connectivity index (χ1n) is 16.3. The largest absolute Gasteiger partial charge is 0.392 e. The van der Waals surface area contributed by atoms with Gasteiger partial charge in [0.2, 0.25) is 0 Å². The molecule has 7 rings (SSSR count). The van der Waals surface area contributed by atoms with Crippen LogP contribution in [0.1, 0.15) is 67.3 Å². The summed E-state index contributed by atoms with van der Waals surface area (Å²) in [6.07, 6.45) is -0.108. The van der Waals surface area contributed by atoms with Crippen LogP contribution in [-0.2, 0) is 29.2 Å². The monoisotopic (exact) mass is 638 g/mol. The fourth-order valence-electron chi connectivity index (χ4n) is 6.65. The van der Waals surface area contributed by atoms with E-state index in [1.54, 1.807) is 24.3 Å². The van der Waals surface area contributed by atoms with Gasteiger partial charge < -0.3 is 14.6 Å². The van der Waals surface area contributed by atoms with Crippen LogP contribution < -0.4 is 0 Å². The van der Waals surface area contributed by atoms with Crippen molar-refractivity contribution in [1.82, 2.24) is 9.80 Å². The summed E-state index contributed by atoms with van der Waals surface area (Å²) in [5.41, 5.74) is 7.77. The summed E-state index contributed by atoms with van der Waals surface area (Å²) >= 11 is 0. The number of fused-ring (bicyclic) bond motifs is 1. The Kier molecular flexibility index (Phi) is 9.27. The normalized spacial score (nSPS) is 19.1. The van der Waals surface area contributed by atoms with Gasteiger partial charge in [-0.3, -0.25) is 19.4 Å². The van der Waals surface area contributed by atoms with Gasteiger partial charge in [-0.1, -0.05) is 115 Å². The Morgan fingerprint density at radius 2 is 1.29 bits per heavy atom. The summed E-state index contributed by atoms with van der Waals surface area (Å²) in [4.78, 5) is 29.8. The molecule has 0 unspecified atom stereocenters. The molecule has 242 valence electrons. The number of rotatable bonds is 10. The molecule has 1 N–H and O–H groups in total. The summed E-state index contributed by atoms with van der Waals surface area (Å²) in [7, 11) is 2.11. The fraction of sp³-hybridized carbons (Fsp3) is 0.220. The van der Waals surface area contributed by atoms with E-state index >= 15 is 0 Å². The van der Waals surface area contributed by atoms with Gasteiger partial charge in [-0.15, -0.1) is 0 Å². The highest BCUT2D eigenvalue weighted by Crippen LogP contribution is 2.39. The summed E-state index contributed by atoms with van der Waals surface area (Å²) in [5.74, 6) is -0.534. The van der Waals surface area contributed by atoms with Crippen LogP contribution in [0.3, 0.4) is 0 Å². The van der Waals surface area contributed by atoms with Gasteiger partial charge in [0.1, 0.15) is 0 Å². The van der Waals surface area contributed by atoms with Crippen molar-refractivity contribution in [3.8, 4) is 11.1 Å². The maximum absolute atomic E-state index is 13.1. The Bertz CT molecular complexity index is 1860. The predicted molar refractivity (Wildman–Crippen MR) is 184 cm³/mol. The molecular weight excluding hydrogens is 600 g/mol. The molecule has 1 fully saturated rings. The summed E-state index contributed by atoms with van der Waals surface area (Å²) in [5, 5.41) is 9.56. The number of carbonyl (C=O) groups is 2. The minimum Gasteiger partial charge on any atom is -0.392 e. The SMILES string of the molecule is CN(Cc1ccccc1)C[C@@H]1C[C@H](c2ccc(CO)cc2)O[C@H](c2ccc(-c3ccccc3CN3C(=O)c4ccccc4C3=O)cc2)O1. The lowest BCUT2D eigenvalue weighted by Crippen LogP contribution is -2.37. The lowest BCUT2D eigenvalue weighted by atomic mass is 9.97. The number of nitrogens with zero attached hydrogens (tertiary/aromatic N) is 2. The predicted octanol–water partition coefficient (Wildman–Crippen LogP) is 7.32. The van der Waals surface area contributed by atoms with E-state index in [0.717, 1.165) is 46.5 Å². The Morgan fingerprint density at radius 1 is 0.688 bits per heavy atom. The van der Waals surface area contributed by atoms with Crippen molar-refractivity contribution in [2.75, 3.05) is 13.6 Å². The highest BCUT2D eigenvalue weighted by Gasteiger charge is 2.36. The van der Waals surface area contributed by atoms with E-state index in [0.29, 0.717) is 17.5 Å². The molecule has 0 bridgehead atoms. The first-order chi connectivity index (χ1) is 23.5. The van der Waals surface area contributed by atoms with Crippen LogP contribution in [0.15, 0.2) is 127 Å². The van der Waals surface area contributed by atoms with Crippen molar-refractivity contribution in [2.24, 2.45) is 0 Å². The third-order valence-corrected chi connectivity index (χ3v) is 9.14. The smallest absolute Gasteiger partial charge is 0.261 e. The number of imide groups is 1. The standard InChI is InChI=1S/C41H38N2O5/c1-42(24-28-9-3-2-4-10-28)26-34-23-38(31-17-15-29(27-44)16-18-31)48-41(47-34)32-21-19-30(20-22-32)35-12-6-5-11-33(35)25-43-39(45)36-13-7-8-14-37(36)40(43)46/h2-22,34,38,41,44H,23-27H2,1H3/t34-,38+,41+/m0/s1. The average molecular weight is 639 g/mol. The van der Waals surface area contributed by atoms with Crippen LogP contribution >= 0.6 is 0 Å². The topological polar surface area (TPSA) is 79.3 Å². The maximum atomic E-state index is 13.1. The molecule has 0 saturated carbocycles. The molecule has 2 aliphatic rings. The molecule has 3 atom stereocenters. The van der Waals surface area contributed by atoms with Gasteiger partial charge in [0.25, 0.3) is 11.8 Å². The van der Waals surface area contributed by atoms with Crippen molar-refractivity contribution in [2.45, 2.75) is 44.6 Å². The van der Waals surface area contributed by atoms with Crippen LogP contribution in [0, 0.1) is 0 Å². The first kappa shape index (κ1) is 31.7. The van der Waals surface area contributed by atoms with E-state index in [1.165, 1.54) is 10.5 Å². The molecule has 7 heteroatoms. The quantitative estimate of drug-likeness (QED) is 0.162. The lowest BCUT2D eigenvalue weighted by Gasteiger charge is -2.38. The van der Waals surface area contributed by atoms with Crippen molar-refractivity contribution in [3.63, 3.8) is 0 Å². The summed E-state index contributed by atoms with van der Waals surface area (Å²) < 4.78 is 13.2. The highest BCUT2D eigenvalue weighted by molar-refractivity contribution is 6.21. The van der Waals surface area contributed by atoms with E-state index in [9.17, 15) is 14.7 Å². The van der Waals surface area contributed by atoms with Crippen LogP contribution in [0.2, 0.25) is 0 Å².